The predicted octanol–water partition coefficient (Wildman–Crippen LogP) is 2.29. The van der Waals surface area contributed by atoms with Crippen molar-refractivity contribution < 1.29 is 14.6 Å². The summed E-state index contributed by atoms with van der Waals surface area (Å²) in [4.78, 5) is 11.1. The van der Waals surface area contributed by atoms with Crippen molar-refractivity contribution in [3.05, 3.63) is 12.2 Å². The van der Waals surface area contributed by atoms with Gasteiger partial charge in [-0.2, -0.15) is 0 Å². The Bertz CT molecular complexity index is 197. The van der Waals surface area contributed by atoms with E-state index in [9.17, 15) is 4.79 Å². The van der Waals surface area contributed by atoms with E-state index in [-0.39, 0.29) is 12.6 Å². The van der Waals surface area contributed by atoms with Crippen LogP contribution in [0.2, 0.25) is 0 Å². The molecule has 88 valence electrons. The van der Waals surface area contributed by atoms with Gasteiger partial charge >= 0.3 is 5.97 Å². The van der Waals surface area contributed by atoms with E-state index in [2.05, 4.69) is 13.8 Å². The Hall–Kier alpha value is -0.830. The summed E-state index contributed by atoms with van der Waals surface area (Å²) in [6.07, 6.45) is 5.87. The SMILES string of the molecule is CCCC(C)C=CCC(=O)OCC(C)O. The van der Waals surface area contributed by atoms with Crippen molar-refractivity contribution in [1.29, 1.82) is 0 Å². The molecule has 0 spiro atoms. The lowest BCUT2D eigenvalue weighted by molar-refractivity contribution is -0.145. The number of hydrogen-bond donors (Lipinski definition) is 1. The number of carbonyl (C=O) groups is 1. The molecule has 0 fully saturated rings. The number of hydrogen-bond acceptors (Lipinski definition) is 3. The van der Waals surface area contributed by atoms with Crippen LogP contribution in [0.25, 0.3) is 0 Å². The zero-order valence-electron chi connectivity index (χ0n) is 9.90. The van der Waals surface area contributed by atoms with E-state index < -0.39 is 6.10 Å². The van der Waals surface area contributed by atoms with E-state index in [4.69, 9.17) is 9.84 Å². The maximum absolute atomic E-state index is 11.1. The standard InChI is InChI=1S/C12H22O3/c1-4-6-10(2)7-5-8-12(14)15-9-11(3)13/h5,7,10-11,13H,4,6,8-9H2,1-3H3. The molecule has 0 amide bonds. The Kier molecular flexibility index (Phi) is 8.01. The summed E-state index contributed by atoms with van der Waals surface area (Å²) in [6, 6.07) is 0. The Labute approximate surface area is 92.1 Å². The quantitative estimate of drug-likeness (QED) is 0.522. The number of esters is 1. The molecular weight excluding hydrogens is 192 g/mol. The highest BCUT2D eigenvalue weighted by atomic mass is 16.5. The molecule has 0 aliphatic rings. The molecule has 15 heavy (non-hydrogen) atoms. The average molecular weight is 214 g/mol. The van der Waals surface area contributed by atoms with Gasteiger partial charge < -0.3 is 9.84 Å². The van der Waals surface area contributed by atoms with Crippen LogP contribution >= 0.6 is 0 Å². The van der Waals surface area contributed by atoms with Crippen LogP contribution in [-0.4, -0.2) is 23.8 Å². The van der Waals surface area contributed by atoms with E-state index in [1.165, 1.54) is 0 Å². The molecule has 0 radical (unpaired) electrons. The van der Waals surface area contributed by atoms with Crippen molar-refractivity contribution >= 4 is 5.97 Å². The van der Waals surface area contributed by atoms with Gasteiger partial charge in [0.2, 0.25) is 0 Å². The number of aliphatic hydroxyl groups excluding tert-OH is 1. The summed E-state index contributed by atoms with van der Waals surface area (Å²) >= 11 is 0. The van der Waals surface area contributed by atoms with Gasteiger partial charge in [0.25, 0.3) is 0 Å². The van der Waals surface area contributed by atoms with Gasteiger partial charge in [0.15, 0.2) is 0 Å². The molecule has 0 bridgehead atoms. The molecule has 0 aromatic heterocycles. The lowest BCUT2D eigenvalue weighted by Gasteiger charge is -2.05. The summed E-state index contributed by atoms with van der Waals surface area (Å²) < 4.78 is 4.81. The molecule has 0 rings (SSSR count). The molecule has 3 heteroatoms. The summed E-state index contributed by atoms with van der Waals surface area (Å²) in [7, 11) is 0. The molecule has 0 aliphatic carbocycles. The molecule has 3 nitrogen and oxygen atoms in total. The number of carbonyl (C=O) groups excluding carboxylic acids is 1. The highest BCUT2D eigenvalue weighted by Gasteiger charge is 2.02. The third kappa shape index (κ3) is 9.47. The molecule has 0 aromatic rings. The summed E-state index contributed by atoms with van der Waals surface area (Å²) in [5.41, 5.74) is 0. The van der Waals surface area contributed by atoms with E-state index in [0.717, 1.165) is 12.8 Å². The topological polar surface area (TPSA) is 46.5 Å². The maximum Gasteiger partial charge on any atom is 0.309 e. The van der Waals surface area contributed by atoms with Crippen LogP contribution in [0.5, 0.6) is 0 Å². The van der Waals surface area contributed by atoms with Crippen LogP contribution in [0.4, 0.5) is 0 Å². The molecule has 0 saturated carbocycles. The molecule has 0 heterocycles. The molecule has 0 aromatic carbocycles. The first-order valence-corrected chi connectivity index (χ1v) is 5.56. The minimum Gasteiger partial charge on any atom is -0.463 e. The molecule has 2 unspecified atom stereocenters. The normalized spacial score (nSPS) is 15.2. The van der Waals surface area contributed by atoms with Gasteiger partial charge in [0.05, 0.1) is 12.5 Å². The highest BCUT2D eigenvalue weighted by molar-refractivity contribution is 5.71. The van der Waals surface area contributed by atoms with Gasteiger partial charge in [0, 0.05) is 0 Å². The zero-order valence-corrected chi connectivity index (χ0v) is 9.90. The van der Waals surface area contributed by atoms with Crippen LogP contribution in [0, 0.1) is 5.92 Å². The van der Waals surface area contributed by atoms with Crippen molar-refractivity contribution in [2.75, 3.05) is 6.61 Å². The number of rotatable bonds is 7. The number of aliphatic hydroxyl groups is 1. The summed E-state index contributed by atoms with van der Waals surface area (Å²) in [5, 5.41) is 8.89. The van der Waals surface area contributed by atoms with Crippen molar-refractivity contribution in [2.45, 2.75) is 46.1 Å². The van der Waals surface area contributed by atoms with Crippen LogP contribution in [0.3, 0.4) is 0 Å². The fourth-order valence-corrected chi connectivity index (χ4v) is 1.22. The van der Waals surface area contributed by atoms with E-state index >= 15 is 0 Å². The minimum atomic E-state index is -0.586. The molecule has 2 atom stereocenters. The smallest absolute Gasteiger partial charge is 0.309 e. The molecule has 1 N–H and O–H groups in total. The van der Waals surface area contributed by atoms with Crippen LogP contribution in [-0.2, 0) is 9.53 Å². The first-order valence-electron chi connectivity index (χ1n) is 5.56. The second kappa shape index (κ2) is 8.48. The zero-order chi connectivity index (χ0) is 11.7. The van der Waals surface area contributed by atoms with Gasteiger partial charge in [-0.05, 0) is 19.3 Å². The van der Waals surface area contributed by atoms with E-state index in [1.54, 1.807) is 6.92 Å². The lowest BCUT2D eigenvalue weighted by Crippen LogP contribution is -2.14. The van der Waals surface area contributed by atoms with Gasteiger partial charge in [-0.1, -0.05) is 32.4 Å². The molecular formula is C12H22O3. The van der Waals surface area contributed by atoms with Crippen LogP contribution in [0.15, 0.2) is 12.2 Å². The number of allylic oxidation sites excluding steroid dienone is 1. The average Bonchev–Trinajstić information content (AvgIpc) is 2.15. The minimum absolute atomic E-state index is 0.0805. The van der Waals surface area contributed by atoms with Gasteiger partial charge in [-0.3, -0.25) is 4.79 Å². The van der Waals surface area contributed by atoms with Crippen LogP contribution in [0.1, 0.15) is 40.0 Å². The van der Waals surface area contributed by atoms with Crippen molar-refractivity contribution in [1.82, 2.24) is 0 Å². The fraction of sp³-hybridized carbons (Fsp3) is 0.750. The summed E-state index contributed by atoms with van der Waals surface area (Å²) in [5.74, 6) is 0.232. The monoisotopic (exact) mass is 214 g/mol. The highest BCUT2D eigenvalue weighted by Crippen LogP contribution is 2.06. The van der Waals surface area contributed by atoms with Crippen molar-refractivity contribution in [3.63, 3.8) is 0 Å². The predicted molar refractivity (Wildman–Crippen MR) is 60.5 cm³/mol. The van der Waals surface area contributed by atoms with Gasteiger partial charge in [-0.25, -0.2) is 0 Å². The maximum atomic E-state index is 11.1. The van der Waals surface area contributed by atoms with Gasteiger partial charge in [-0.15, -0.1) is 0 Å². The van der Waals surface area contributed by atoms with Gasteiger partial charge in [0.1, 0.15) is 6.61 Å². The van der Waals surface area contributed by atoms with Crippen LogP contribution < -0.4 is 0 Å². The largest absolute Gasteiger partial charge is 0.463 e. The Morgan fingerprint density at radius 2 is 2.13 bits per heavy atom. The Morgan fingerprint density at radius 3 is 2.67 bits per heavy atom. The van der Waals surface area contributed by atoms with E-state index in [1.807, 2.05) is 12.2 Å². The third-order valence-corrected chi connectivity index (χ3v) is 1.98. The summed E-state index contributed by atoms with van der Waals surface area (Å²) in [6.45, 7) is 5.94. The second-order valence-corrected chi connectivity index (χ2v) is 3.93. The third-order valence-electron chi connectivity index (χ3n) is 1.98. The van der Waals surface area contributed by atoms with Crippen molar-refractivity contribution in [3.8, 4) is 0 Å². The first-order chi connectivity index (χ1) is 7.06. The Morgan fingerprint density at radius 1 is 1.47 bits per heavy atom. The van der Waals surface area contributed by atoms with Crippen molar-refractivity contribution in [2.24, 2.45) is 5.92 Å². The first kappa shape index (κ1) is 14.2. The Balaban J connectivity index is 3.61. The molecule has 0 saturated heterocycles. The molecule has 0 aliphatic heterocycles. The lowest BCUT2D eigenvalue weighted by atomic mass is 10.1. The number of ether oxygens (including phenoxy) is 1. The van der Waals surface area contributed by atoms with E-state index in [0.29, 0.717) is 12.3 Å². The second-order valence-electron chi connectivity index (χ2n) is 3.93. The fourth-order valence-electron chi connectivity index (χ4n) is 1.22.